The van der Waals surface area contributed by atoms with Crippen molar-refractivity contribution in [3.8, 4) is 5.75 Å². The van der Waals surface area contributed by atoms with Crippen molar-refractivity contribution in [3.63, 3.8) is 0 Å². The summed E-state index contributed by atoms with van der Waals surface area (Å²) in [7, 11) is 0. The third-order valence-electron chi connectivity index (χ3n) is 3.16. The lowest BCUT2D eigenvalue weighted by atomic mass is 10.2. The first-order valence-electron chi connectivity index (χ1n) is 6.36. The normalized spacial score (nSPS) is 17.6. The number of hydrogen-bond donors (Lipinski definition) is 1. The molecule has 1 aliphatic rings. The molecule has 0 saturated carbocycles. The quantitative estimate of drug-likeness (QED) is 0.868. The molecule has 0 bridgehead atoms. The first-order chi connectivity index (χ1) is 8.65. The third kappa shape index (κ3) is 3.47. The lowest BCUT2D eigenvalue weighted by Gasteiger charge is -2.16. The van der Waals surface area contributed by atoms with Gasteiger partial charge in [-0.1, -0.05) is 12.1 Å². The van der Waals surface area contributed by atoms with Crippen molar-refractivity contribution < 1.29 is 14.6 Å². The maximum Gasteiger partial charge on any atom is 0.344 e. The fraction of sp³-hybridized carbons (Fsp3) is 0.500. The summed E-state index contributed by atoms with van der Waals surface area (Å²) >= 11 is 0. The molecular formula is C14H19NO3. The summed E-state index contributed by atoms with van der Waals surface area (Å²) in [6, 6.07) is 7.69. The molecule has 1 saturated heterocycles. The van der Waals surface area contributed by atoms with Gasteiger partial charge in [0.1, 0.15) is 5.75 Å². The van der Waals surface area contributed by atoms with E-state index in [1.807, 2.05) is 12.1 Å². The average Bonchev–Trinajstić information content (AvgIpc) is 2.82. The lowest BCUT2D eigenvalue weighted by molar-refractivity contribution is -0.144. The number of rotatable bonds is 5. The molecule has 2 rings (SSSR count). The summed E-state index contributed by atoms with van der Waals surface area (Å²) in [5.74, 6) is -0.318. The summed E-state index contributed by atoms with van der Waals surface area (Å²) in [6.45, 7) is 4.75. The summed E-state index contributed by atoms with van der Waals surface area (Å²) < 4.78 is 5.36. The number of likely N-dealkylation sites (tertiary alicyclic amines) is 1. The Kier molecular flexibility index (Phi) is 4.20. The van der Waals surface area contributed by atoms with Gasteiger partial charge < -0.3 is 9.84 Å². The average molecular weight is 249 g/mol. The summed E-state index contributed by atoms with van der Waals surface area (Å²) in [5, 5.41) is 8.81. The van der Waals surface area contributed by atoms with E-state index in [4.69, 9.17) is 9.84 Å². The molecule has 1 aliphatic heterocycles. The zero-order valence-electron chi connectivity index (χ0n) is 10.6. The first kappa shape index (κ1) is 12.9. The van der Waals surface area contributed by atoms with Gasteiger partial charge in [-0.25, -0.2) is 4.79 Å². The highest BCUT2D eigenvalue weighted by molar-refractivity contribution is 5.72. The van der Waals surface area contributed by atoms with Crippen molar-refractivity contribution in [2.45, 2.75) is 32.4 Å². The number of hydrogen-bond acceptors (Lipinski definition) is 3. The predicted octanol–water partition coefficient (Wildman–Crippen LogP) is 2.13. The van der Waals surface area contributed by atoms with Gasteiger partial charge in [-0.05, 0) is 50.6 Å². The minimum absolute atomic E-state index is 0.626. The minimum atomic E-state index is -0.944. The van der Waals surface area contributed by atoms with Gasteiger partial charge in [-0.3, -0.25) is 4.90 Å². The van der Waals surface area contributed by atoms with Crippen molar-refractivity contribution in [1.29, 1.82) is 0 Å². The van der Waals surface area contributed by atoms with E-state index in [0.29, 0.717) is 5.75 Å². The zero-order chi connectivity index (χ0) is 13.0. The largest absolute Gasteiger partial charge is 0.479 e. The molecule has 1 fully saturated rings. The Morgan fingerprint density at radius 3 is 2.83 bits per heavy atom. The first-order valence-corrected chi connectivity index (χ1v) is 6.36. The van der Waals surface area contributed by atoms with Crippen molar-refractivity contribution >= 4 is 5.97 Å². The van der Waals surface area contributed by atoms with Crippen LogP contribution in [0.25, 0.3) is 0 Å². The predicted molar refractivity (Wildman–Crippen MR) is 68.7 cm³/mol. The van der Waals surface area contributed by atoms with Crippen molar-refractivity contribution in [2.24, 2.45) is 0 Å². The molecule has 0 aromatic heterocycles. The molecule has 1 aromatic rings. The Morgan fingerprint density at radius 1 is 1.44 bits per heavy atom. The van der Waals surface area contributed by atoms with E-state index in [0.717, 1.165) is 19.6 Å². The second-order valence-corrected chi connectivity index (χ2v) is 4.73. The highest BCUT2D eigenvalue weighted by atomic mass is 16.5. The van der Waals surface area contributed by atoms with E-state index < -0.39 is 12.1 Å². The Morgan fingerprint density at radius 2 is 2.17 bits per heavy atom. The Labute approximate surface area is 107 Å². The highest BCUT2D eigenvalue weighted by Gasteiger charge is 2.14. The molecule has 0 aliphatic carbocycles. The van der Waals surface area contributed by atoms with Crippen LogP contribution in [-0.4, -0.2) is 35.2 Å². The van der Waals surface area contributed by atoms with E-state index in [2.05, 4.69) is 11.0 Å². The molecule has 0 radical (unpaired) electrons. The van der Waals surface area contributed by atoms with Gasteiger partial charge in [0.25, 0.3) is 0 Å². The fourth-order valence-electron chi connectivity index (χ4n) is 2.17. The standard InChI is InChI=1S/C14H19NO3/c1-11(14(16)17)18-13-6-4-5-12(9-13)10-15-7-2-3-8-15/h4-6,9,11H,2-3,7-8,10H2,1H3,(H,16,17). The molecular weight excluding hydrogens is 230 g/mol. The van der Waals surface area contributed by atoms with Crippen LogP contribution >= 0.6 is 0 Å². The van der Waals surface area contributed by atoms with Gasteiger partial charge in [-0.15, -0.1) is 0 Å². The van der Waals surface area contributed by atoms with E-state index in [1.54, 1.807) is 6.07 Å². The van der Waals surface area contributed by atoms with E-state index >= 15 is 0 Å². The number of carbonyl (C=O) groups is 1. The molecule has 4 heteroatoms. The van der Waals surface area contributed by atoms with Crippen LogP contribution in [0.15, 0.2) is 24.3 Å². The van der Waals surface area contributed by atoms with Crippen molar-refractivity contribution in [2.75, 3.05) is 13.1 Å². The molecule has 1 aromatic carbocycles. The van der Waals surface area contributed by atoms with Gasteiger partial charge in [0.2, 0.25) is 0 Å². The summed E-state index contributed by atoms with van der Waals surface area (Å²) in [5.41, 5.74) is 1.17. The second kappa shape index (κ2) is 5.87. The monoisotopic (exact) mass is 249 g/mol. The number of carboxylic acid groups (broad SMARTS) is 1. The van der Waals surface area contributed by atoms with Crippen molar-refractivity contribution in [3.05, 3.63) is 29.8 Å². The number of carboxylic acids is 1. The Balaban J connectivity index is 1.98. The van der Waals surface area contributed by atoms with Gasteiger partial charge in [-0.2, -0.15) is 0 Å². The number of aliphatic carboxylic acids is 1. The molecule has 0 spiro atoms. The fourth-order valence-corrected chi connectivity index (χ4v) is 2.17. The zero-order valence-corrected chi connectivity index (χ0v) is 10.6. The minimum Gasteiger partial charge on any atom is -0.479 e. The third-order valence-corrected chi connectivity index (χ3v) is 3.16. The van der Waals surface area contributed by atoms with Gasteiger partial charge in [0.15, 0.2) is 6.10 Å². The molecule has 0 amide bonds. The van der Waals surface area contributed by atoms with Gasteiger partial charge >= 0.3 is 5.97 Å². The lowest BCUT2D eigenvalue weighted by Crippen LogP contribution is -2.23. The molecule has 4 nitrogen and oxygen atoms in total. The molecule has 18 heavy (non-hydrogen) atoms. The van der Waals surface area contributed by atoms with Crippen LogP contribution in [0, 0.1) is 0 Å². The van der Waals surface area contributed by atoms with Crippen LogP contribution in [-0.2, 0) is 11.3 Å². The van der Waals surface area contributed by atoms with Gasteiger partial charge in [0, 0.05) is 6.54 Å². The van der Waals surface area contributed by atoms with Crippen LogP contribution in [0.4, 0.5) is 0 Å². The topological polar surface area (TPSA) is 49.8 Å². The number of nitrogens with zero attached hydrogens (tertiary/aromatic N) is 1. The van der Waals surface area contributed by atoms with Crippen LogP contribution in [0.2, 0.25) is 0 Å². The number of ether oxygens (including phenoxy) is 1. The highest BCUT2D eigenvalue weighted by Crippen LogP contribution is 2.18. The van der Waals surface area contributed by atoms with Crippen LogP contribution < -0.4 is 4.74 Å². The Hall–Kier alpha value is -1.55. The molecule has 98 valence electrons. The van der Waals surface area contributed by atoms with E-state index in [1.165, 1.54) is 25.3 Å². The molecule has 1 unspecified atom stereocenters. The smallest absolute Gasteiger partial charge is 0.344 e. The van der Waals surface area contributed by atoms with Crippen LogP contribution in [0.5, 0.6) is 5.75 Å². The van der Waals surface area contributed by atoms with Crippen molar-refractivity contribution in [1.82, 2.24) is 4.90 Å². The maximum absolute atomic E-state index is 10.7. The van der Waals surface area contributed by atoms with Crippen LogP contribution in [0.1, 0.15) is 25.3 Å². The molecule has 1 heterocycles. The summed E-state index contributed by atoms with van der Waals surface area (Å²) in [4.78, 5) is 13.1. The van der Waals surface area contributed by atoms with Crippen LogP contribution in [0.3, 0.4) is 0 Å². The second-order valence-electron chi connectivity index (χ2n) is 4.73. The summed E-state index contributed by atoms with van der Waals surface area (Å²) in [6.07, 6.45) is 1.73. The van der Waals surface area contributed by atoms with E-state index in [-0.39, 0.29) is 0 Å². The molecule has 1 atom stereocenters. The molecule has 1 N–H and O–H groups in total. The number of benzene rings is 1. The van der Waals surface area contributed by atoms with E-state index in [9.17, 15) is 4.79 Å². The SMILES string of the molecule is CC(Oc1cccc(CN2CCCC2)c1)C(=O)O. The maximum atomic E-state index is 10.7. The Bertz CT molecular complexity index is 413. The van der Waals surface area contributed by atoms with Gasteiger partial charge in [0.05, 0.1) is 0 Å².